The standard InChI is InChI=1S/C22H26O7/c1-7-10(2)20(25)27-16-8-11(3)18-15(24)9-12(4)22(18,29-14(6)23)19-17(16)13(5)21(26)28-19/h7,9,13,16-17,19H,8H2,1-6H3. The fourth-order valence-electron chi connectivity index (χ4n) is 4.68. The molecule has 0 amide bonds. The predicted octanol–water partition coefficient (Wildman–Crippen LogP) is 2.59. The molecule has 7 heteroatoms. The molecule has 5 atom stereocenters. The maximum Gasteiger partial charge on any atom is 0.333 e. The minimum atomic E-state index is -1.49. The van der Waals surface area contributed by atoms with Crippen molar-refractivity contribution >= 4 is 23.7 Å². The average molecular weight is 402 g/mol. The lowest BCUT2D eigenvalue weighted by Gasteiger charge is -2.38. The van der Waals surface area contributed by atoms with E-state index in [-0.39, 0.29) is 12.2 Å². The third-order valence-electron chi connectivity index (χ3n) is 6.18. The first kappa shape index (κ1) is 21.0. The Kier molecular flexibility index (Phi) is 5.28. The van der Waals surface area contributed by atoms with E-state index in [1.165, 1.54) is 13.0 Å². The number of hydrogen-bond acceptors (Lipinski definition) is 7. The number of carbonyl (C=O) groups is 4. The molecule has 0 saturated carbocycles. The van der Waals surface area contributed by atoms with Crippen LogP contribution in [0, 0.1) is 11.8 Å². The molecule has 0 N–H and O–H groups in total. The Morgan fingerprint density at radius 3 is 2.48 bits per heavy atom. The van der Waals surface area contributed by atoms with Gasteiger partial charge in [-0.3, -0.25) is 14.4 Å². The molecule has 0 bridgehead atoms. The molecule has 29 heavy (non-hydrogen) atoms. The van der Waals surface area contributed by atoms with Crippen molar-refractivity contribution < 1.29 is 33.4 Å². The smallest absolute Gasteiger partial charge is 0.333 e. The summed E-state index contributed by atoms with van der Waals surface area (Å²) in [5, 5.41) is 0. The summed E-state index contributed by atoms with van der Waals surface area (Å²) in [6.45, 7) is 9.78. The van der Waals surface area contributed by atoms with Gasteiger partial charge in [-0.2, -0.15) is 0 Å². The molecule has 5 unspecified atom stereocenters. The second kappa shape index (κ2) is 7.28. The highest BCUT2D eigenvalue weighted by atomic mass is 16.6. The normalized spacial score (nSPS) is 34.1. The second-order valence-corrected chi connectivity index (χ2v) is 8.02. The lowest BCUT2D eigenvalue weighted by Crippen LogP contribution is -2.52. The number of hydrogen-bond donors (Lipinski definition) is 0. The van der Waals surface area contributed by atoms with E-state index in [2.05, 4.69) is 0 Å². The van der Waals surface area contributed by atoms with Gasteiger partial charge in [-0.1, -0.05) is 18.6 Å². The fourth-order valence-corrected chi connectivity index (χ4v) is 4.68. The van der Waals surface area contributed by atoms with E-state index in [1.54, 1.807) is 40.7 Å². The minimum absolute atomic E-state index is 0.246. The van der Waals surface area contributed by atoms with Crippen LogP contribution in [-0.4, -0.2) is 41.5 Å². The lowest BCUT2D eigenvalue weighted by molar-refractivity contribution is -0.171. The Balaban J connectivity index is 2.18. The van der Waals surface area contributed by atoms with Crippen molar-refractivity contribution in [2.75, 3.05) is 0 Å². The van der Waals surface area contributed by atoms with Crippen molar-refractivity contribution in [2.45, 2.75) is 65.8 Å². The first-order chi connectivity index (χ1) is 13.5. The van der Waals surface area contributed by atoms with E-state index in [9.17, 15) is 19.2 Å². The molecule has 3 aliphatic rings. The van der Waals surface area contributed by atoms with E-state index in [0.717, 1.165) is 0 Å². The number of ketones is 1. The summed E-state index contributed by atoms with van der Waals surface area (Å²) in [7, 11) is 0. The number of ether oxygens (including phenoxy) is 3. The van der Waals surface area contributed by atoms with Crippen LogP contribution in [0.4, 0.5) is 0 Å². The van der Waals surface area contributed by atoms with Crippen LogP contribution in [0.2, 0.25) is 0 Å². The van der Waals surface area contributed by atoms with Gasteiger partial charge in [0.05, 0.1) is 17.4 Å². The molecule has 0 aromatic heterocycles. The van der Waals surface area contributed by atoms with E-state index < -0.39 is 47.6 Å². The highest BCUT2D eigenvalue weighted by molar-refractivity contribution is 6.11. The number of fused-ring (bicyclic) bond motifs is 3. The molecular formula is C22H26O7. The minimum Gasteiger partial charge on any atom is -0.458 e. The molecule has 1 fully saturated rings. The molecule has 1 aliphatic heterocycles. The van der Waals surface area contributed by atoms with Crippen LogP contribution in [0.15, 0.2) is 34.4 Å². The van der Waals surface area contributed by atoms with Crippen LogP contribution in [0.1, 0.15) is 48.0 Å². The van der Waals surface area contributed by atoms with Crippen molar-refractivity contribution in [3.63, 3.8) is 0 Å². The summed E-state index contributed by atoms with van der Waals surface area (Å²) in [5.74, 6) is -3.00. The van der Waals surface area contributed by atoms with Gasteiger partial charge in [0.15, 0.2) is 17.5 Å². The van der Waals surface area contributed by atoms with Crippen LogP contribution < -0.4 is 0 Å². The van der Waals surface area contributed by atoms with Crippen molar-refractivity contribution in [3.8, 4) is 0 Å². The highest BCUT2D eigenvalue weighted by Crippen LogP contribution is 2.53. The molecule has 0 radical (unpaired) electrons. The Morgan fingerprint density at radius 2 is 1.90 bits per heavy atom. The molecule has 0 aromatic rings. The van der Waals surface area contributed by atoms with Gasteiger partial charge < -0.3 is 14.2 Å². The lowest BCUT2D eigenvalue weighted by atomic mass is 9.76. The van der Waals surface area contributed by atoms with Crippen LogP contribution >= 0.6 is 0 Å². The van der Waals surface area contributed by atoms with Crippen LogP contribution in [0.5, 0.6) is 0 Å². The number of esters is 3. The molecule has 2 aliphatic carbocycles. The van der Waals surface area contributed by atoms with E-state index in [4.69, 9.17) is 14.2 Å². The van der Waals surface area contributed by atoms with Crippen molar-refractivity contribution in [3.05, 3.63) is 34.4 Å². The topological polar surface area (TPSA) is 96.0 Å². The summed E-state index contributed by atoms with van der Waals surface area (Å²) in [5.41, 5.74) is 0.396. The molecule has 1 heterocycles. The van der Waals surface area contributed by atoms with Crippen LogP contribution in [-0.2, 0) is 33.4 Å². The zero-order valence-corrected chi connectivity index (χ0v) is 17.5. The molecule has 7 nitrogen and oxygen atoms in total. The molecule has 0 spiro atoms. The van der Waals surface area contributed by atoms with Gasteiger partial charge in [-0.05, 0) is 39.3 Å². The zero-order valence-electron chi connectivity index (χ0n) is 17.5. The first-order valence-corrected chi connectivity index (χ1v) is 9.71. The maximum atomic E-state index is 12.8. The third kappa shape index (κ3) is 3.12. The predicted molar refractivity (Wildman–Crippen MR) is 102 cm³/mol. The Labute approximate surface area is 169 Å². The molecule has 1 saturated heterocycles. The quantitative estimate of drug-likeness (QED) is 0.407. The fraction of sp³-hybridized carbons (Fsp3) is 0.545. The van der Waals surface area contributed by atoms with E-state index in [0.29, 0.717) is 22.3 Å². The van der Waals surface area contributed by atoms with E-state index >= 15 is 0 Å². The largest absolute Gasteiger partial charge is 0.458 e. The summed E-state index contributed by atoms with van der Waals surface area (Å²) < 4.78 is 17.2. The Morgan fingerprint density at radius 1 is 1.24 bits per heavy atom. The van der Waals surface area contributed by atoms with Gasteiger partial charge in [0, 0.05) is 18.9 Å². The van der Waals surface area contributed by atoms with Gasteiger partial charge >= 0.3 is 17.9 Å². The average Bonchev–Trinajstić information content (AvgIpc) is 3.03. The van der Waals surface area contributed by atoms with E-state index in [1.807, 2.05) is 0 Å². The first-order valence-electron chi connectivity index (χ1n) is 9.71. The Bertz CT molecular complexity index is 891. The summed E-state index contributed by atoms with van der Waals surface area (Å²) in [6.07, 6.45) is 1.66. The number of allylic oxidation sites excluding steroid dienone is 2. The van der Waals surface area contributed by atoms with Crippen molar-refractivity contribution in [1.82, 2.24) is 0 Å². The van der Waals surface area contributed by atoms with Gasteiger partial charge in [-0.15, -0.1) is 0 Å². The SMILES string of the molecule is CC=C(C)C(=O)OC1CC(C)=C2C(=O)C=C(C)C2(OC(C)=O)C2OC(=O)C(C)C12. The second-order valence-electron chi connectivity index (χ2n) is 8.02. The van der Waals surface area contributed by atoms with Crippen molar-refractivity contribution in [1.29, 1.82) is 0 Å². The number of carbonyl (C=O) groups excluding carboxylic acids is 4. The third-order valence-corrected chi connectivity index (χ3v) is 6.18. The Hall–Kier alpha value is -2.70. The van der Waals surface area contributed by atoms with Gasteiger partial charge in [-0.25, -0.2) is 4.79 Å². The van der Waals surface area contributed by atoms with Crippen molar-refractivity contribution in [2.24, 2.45) is 11.8 Å². The summed E-state index contributed by atoms with van der Waals surface area (Å²) >= 11 is 0. The maximum absolute atomic E-state index is 12.8. The van der Waals surface area contributed by atoms with Gasteiger partial charge in [0.25, 0.3) is 0 Å². The zero-order chi connectivity index (χ0) is 21.7. The monoisotopic (exact) mass is 402 g/mol. The van der Waals surface area contributed by atoms with Crippen LogP contribution in [0.3, 0.4) is 0 Å². The molecule has 0 aromatic carbocycles. The molecular weight excluding hydrogens is 376 g/mol. The summed E-state index contributed by atoms with van der Waals surface area (Å²) in [4.78, 5) is 49.9. The van der Waals surface area contributed by atoms with Crippen LogP contribution in [0.25, 0.3) is 0 Å². The highest BCUT2D eigenvalue weighted by Gasteiger charge is 2.65. The van der Waals surface area contributed by atoms with Gasteiger partial charge in [0.1, 0.15) is 6.10 Å². The molecule has 3 rings (SSSR count). The number of rotatable bonds is 3. The summed E-state index contributed by atoms with van der Waals surface area (Å²) in [6, 6.07) is 0. The molecule has 156 valence electrons. The van der Waals surface area contributed by atoms with Gasteiger partial charge in [0.2, 0.25) is 0 Å².